The summed E-state index contributed by atoms with van der Waals surface area (Å²) in [6.07, 6.45) is 1.62. The van der Waals surface area contributed by atoms with Gasteiger partial charge in [-0.15, -0.1) is 16.4 Å². The lowest BCUT2D eigenvalue weighted by atomic mass is 10.3. The predicted molar refractivity (Wildman–Crippen MR) is 82.3 cm³/mol. The topological polar surface area (TPSA) is 106 Å². The van der Waals surface area contributed by atoms with E-state index in [1.807, 2.05) is 0 Å². The monoisotopic (exact) mass is 334 g/mol. The Morgan fingerprint density at radius 2 is 2.18 bits per heavy atom. The molecule has 0 saturated heterocycles. The largest absolute Gasteiger partial charge is 0.508 e. The maximum Gasteiger partial charge on any atom is 0.236 e. The number of nitrogens with zero attached hydrogens (tertiary/aromatic N) is 5. The number of thiazole rings is 1. The number of amides is 1. The van der Waals surface area contributed by atoms with E-state index in [0.29, 0.717) is 16.0 Å². The summed E-state index contributed by atoms with van der Waals surface area (Å²) in [6.45, 7) is 0. The van der Waals surface area contributed by atoms with Crippen LogP contribution in [-0.4, -0.2) is 42.0 Å². The number of anilines is 1. The molecule has 3 aromatic rings. The minimum Gasteiger partial charge on any atom is -0.508 e. The summed E-state index contributed by atoms with van der Waals surface area (Å²) in [7, 11) is 0. The molecule has 1 aromatic carbocycles. The maximum atomic E-state index is 11.8. The predicted octanol–water partition coefficient (Wildman–Crippen LogP) is 1.56. The van der Waals surface area contributed by atoms with Crippen LogP contribution >= 0.6 is 23.1 Å². The summed E-state index contributed by atoms with van der Waals surface area (Å²) in [5, 5.41) is 26.2. The summed E-state index contributed by atoms with van der Waals surface area (Å²) in [5.41, 5.74) is 0.700. The molecule has 0 radical (unpaired) electrons. The zero-order valence-electron chi connectivity index (χ0n) is 11.1. The molecule has 3 rings (SSSR count). The molecule has 8 nitrogen and oxygen atoms in total. The number of aromatic hydroxyl groups is 1. The van der Waals surface area contributed by atoms with E-state index >= 15 is 0 Å². The number of benzene rings is 1. The molecule has 0 aliphatic carbocycles. The van der Waals surface area contributed by atoms with Gasteiger partial charge < -0.3 is 10.4 Å². The van der Waals surface area contributed by atoms with Gasteiger partial charge in [0.2, 0.25) is 11.1 Å². The second kappa shape index (κ2) is 6.54. The summed E-state index contributed by atoms with van der Waals surface area (Å²) >= 11 is 2.57. The molecule has 112 valence electrons. The minimum absolute atomic E-state index is 0.161. The van der Waals surface area contributed by atoms with Crippen LogP contribution in [-0.2, 0) is 4.79 Å². The highest BCUT2D eigenvalue weighted by Crippen LogP contribution is 2.20. The number of rotatable bonds is 5. The van der Waals surface area contributed by atoms with Crippen molar-refractivity contribution in [2.75, 3.05) is 11.1 Å². The number of phenolic OH excluding ortho intramolecular Hbond substituents is 1. The lowest BCUT2D eigenvalue weighted by molar-refractivity contribution is -0.113. The first-order valence-electron chi connectivity index (χ1n) is 6.12. The molecule has 0 atom stereocenters. The van der Waals surface area contributed by atoms with Gasteiger partial charge in [-0.05, 0) is 34.7 Å². The highest BCUT2D eigenvalue weighted by molar-refractivity contribution is 7.99. The number of carbonyl (C=O) groups excluding carboxylic acids is 1. The molecule has 2 heterocycles. The first-order valence-corrected chi connectivity index (χ1v) is 7.99. The Morgan fingerprint density at radius 3 is 2.91 bits per heavy atom. The molecule has 2 aromatic heterocycles. The molecular formula is C12H10N6O2S2. The molecule has 1 amide bonds. The SMILES string of the molecule is O=C(CSc1nnnn1-c1ccc(O)cc1)Nc1nccs1. The first kappa shape index (κ1) is 14.5. The third-order valence-corrected chi connectivity index (χ3v) is 4.15. The van der Waals surface area contributed by atoms with E-state index in [2.05, 4.69) is 25.8 Å². The smallest absolute Gasteiger partial charge is 0.236 e. The Balaban J connectivity index is 1.65. The molecule has 10 heteroatoms. The van der Waals surface area contributed by atoms with Crippen molar-refractivity contribution in [2.24, 2.45) is 0 Å². The van der Waals surface area contributed by atoms with E-state index in [9.17, 15) is 9.90 Å². The second-order valence-corrected chi connectivity index (χ2v) is 5.90. The van der Waals surface area contributed by atoms with Crippen molar-refractivity contribution in [3.8, 4) is 11.4 Å². The zero-order valence-corrected chi connectivity index (χ0v) is 12.7. The normalized spacial score (nSPS) is 10.5. The van der Waals surface area contributed by atoms with E-state index in [4.69, 9.17) is 0 Å². The third-order valence-electron chi connectivity index (χ3n) is 2.55. The van der Waals surface area contributed by atoms with Crippen LogP contribution in [0.3, 0.4) is 0 Å². The van der Waals surface area contributed by atoms with Crippen LogP contribution in [0, 0.1) is 0 Å². The van der Waals surface area contributed by atoms with Gasteiger partial charge in [0.1, 0.15) is 5.75 Å². The van der Waals surface area contributed by atoms with E-state index in [1.165, 1.54) is 27.8 Å². The van der Waals surface area contributed by atoms with Crippen LogP contribution in [0.5, 0.6) is 5.75 Å². The fraction of sp³-hybridized carbons (Fsp3) is 0.0833. The second-order valence-electron chi connectivity index (χ2n) is 4.06. The molecular weight excluding hydrogens is 324 g/mol. The van der Waals surface area contributed by atoms with Crippen LogP contribution in [0.1, 0.15) is 0 Å². The van der Waals surface area contributed by atoms with Gasteiger partial charge >= 0.3 is 0 Å². The zero-order chi connectivity index (χ0) is 15.4. The van der Waals surface area contributed by atoms with Crippen molar-refractivity contribution in [2.45, 2.75) is 5.16 Å². The summed E-state index contributed by atoms with van der Waals surface area (Å²) in [4.78, 5) is 15.8. The van der Waals surface area contributed by atoms with Crippen LogP contribution < -0.4 is 5.32 Å². The average Bonchev–Trinajstić information content (AvgIpc) is 3.17. The Morgan fingerprint density at radius 1 is 1.36 bits per heavy atom. The van der Waals surface area contributed by atoms with E-state index in [-0.39, 0.29) is 17.4 Å². The summed E-state index contributed by atoms with van der Waals surface area (Å²) in [6, 6.07) is 6.46. The molecule has 2 N–H and O–H groups in total. The number of nitrogens with one attached hydrogen (secondary N) is 1. The number of phenols is 1. The van der Waals surface area contributed by atoms with Crippen LogP contribution in [0.4, 0.5) is 5.13 Å². The van der Waals surface area contributed by atoms with Gasteiger partial charge in [-0.2, -0.15) is 4.68 Å². The third kappa shape index (κ3) is 3.40. The Bertz CT molecular complexity index is 756. The average molecular weight is 334 g/mol. The number of thioether (sulfide) groups is 1. The Kier molecular flexibility index (Phi) is 4.30. The highest BCUT2D eigenvalue weighted by atomic mass is 32.2. The number of carbonyl (C=O) groups is 1. The number of tetrazole rings is 1. The van der Waals surface area contributed by atoms with Gasteiger partial charge in [0, 0.05) is 11.6 Å². The quantitative estimate of drug-likeness (QED) is 0.682. The van der Waals surface area contributed by atoms with Crippen molar-refractivity contribution in [3.63, 3.8) is 0 Å². The summed E-state index contributed by atoms with van der Waals surface area (Å²) in [5.74, 6) is 0.145. The van der Waals surface area contributed by atoms with Gasteiger partial charge in [0.25, 0.3) is 0 Å². The van der Waals surface area contributed by atoms with Crippen LogP contribution in [0.15, 0.2) is 41.0 Å². The minimum atomic E-state index is -0.180. The summed E-state index contributed by atoms with van der Waals surface area (Å²) < 4.78 is 1.50. The number of hydrogen-bond acceptors (Lipinski definition) is 8. The first-order chi connectivity index (χ1) is 10.7. The van der Waals surface area contributed by atoms with Gasteiger partial charge in [-0.1, -0.05) is 11.8 Å². The van der Waals surface area contributed by atoms with Crippen molar-refractivity contribution in [1.82, 2.24) is 25.2 Å². The van der Waals surface area contributed by atoms with Crippen molar-refractivity contribution in [1.29, 1.82) is 0 Å². The van der Waals surface area contributed by atoms with Crippen LogP contribution in [0.2, 0.25) is 0 Å². The Labute approximate surface area is 133 Å². The van der Waals surface area contributed by atoms with Gasteiger partial charge in [-0.25, -0.2) is 4.98 Å². The maximum absolute atomic E-state index is 11.8. The van der Waals surface area contributed by atoms with Crippen molar-refractivity contribution >= 4 is 34.1 Å². The fourth-order valence-electron chi connectivity index (χ4n) is 1.60. The van der Waals surface area contributed by atoms with Gasteiger partial charge in [0.05, 0.1) is 11.4 Å². The lowest BCUT2D eigenvalue weighted by Crippen LogP contribution is -2.14. The van der Waals surface area contributed by atoms with E-state index in [1.54, 1.807) is 35.8 Å². The van der Waals surface area contributed by atoms with E-state index < -0.39 is 0 Å². The molecule has 0 unspecified atom stereocenters. The van der Waals surface area contributed by atoms with Crippen molar-refractivity contribution in [3.05, 3.63) is 35.8 Å². The standard InChI is InChI=1S/C12H10N6O2S2/c19-9-3-1-8(2-4-9)18-12(15-16-17-18)22-7-10(20)14-11-13-5-6-21-11/h1-6,19H,7H2,(H,13,14,20). The van der Waals surface area contributed by atoms with E-state index in [0.717, 1.165) is 0 Å². The molecule has 0 bridgehead atoms. The van der Waals surface area contributed by atoms with Gasteiger partial charge in [-0.3, -0.25) is 4.79 Å². The molecule has 0 fully saturated rings. The molecule has 0 spiro atoms. The highest BCUT2D eigenvalue weighted by Gasteiger charge is 2.12. The molecule has 0 saturated carbocycles. The number of aromatic nitrogens is 5. The Hall–Kier alpha value is -2.46. The molecule has 0 aliphatic heterocycles. The fourth-order valence-corrected chi connectivity index (χ4v) is 2.83. The van der Waals surface area contributed by atoms with Crippen molar-refractivity contribution < 1.29 is 9.90 Å². The number of hydrogen-bond donors (Lipinski definition) is 2. The van der Waals surface area contributed by atoms with Crippen LogP contribution in [0.25, 0.3) is 5.69 Å². The lowest BCUT2D eigenvalue weighted by Gasteiger charge is -2.04. The van der Waals surface area contributed by atoms with Gasteiger partial charge in [0.15, 0.2) is 5.13 Å². The molecule has 0 aliphatic rings. The molecule has 22 heavy (non-hydrogen) atoms.